The molecule has 172 valence electrons. The smallest absolute Gasteiger partial charge is 0.248 e. The molecule has 1 saturated heterocycles. The third-order valence-electron chi connectivity index (χ3n) is 6.39. The zero-order chi connectivity index (χ0) is 23.0. The number of amides is 2. The van der Waals surface area contributed by atoms with E-state index in [9.17, 15) is 18.0 Å². The van der Waals surface area contributed by atoms with E-state index in [2.05, 4.69) is 10.4 Å². The maximum atomic E-state index is 13.4. The Hall–Kier alpha value is -2.72. The van der Waals surface area contributed by atoms with Crippen LogP contribution in [-0.4, -0.2) is 61.0 Å². The number of carbonyl (C=O) groups is 2. The molecule has 1 fully saturated rings. The summed E-state index contributed by atoms with van der Waals surface area (Å²) in [5, 5.41) is 7.00. The van der Waals surface area contributed by atoms with Gasteiger partial charge >= 0.3 is 0 Å². The van der Waals surface area contributed by atoms with Gasteiger partial charge in [0.25, 0.3) is 0 Å². The molecule has 2 amide bonds. The molecule has 32 heavy (non-hydrogen) atoms. The normalized spacial score (nSPS) is 19.1. The lowest BCUT2D eigenvalue weighted by Crippen LogP contribution is -2.45. The van der Waals surface area contributed by atoms with Gasteiger partial charge in [0.2, 0.25) is 21.8 Å². The fraction of sp³-hybridized carbons (Fsp3) is 0.500. The van der Waals surface area contributed by atoms with Crippen LogP contribution in [0.5, 0.6) is 0 Å². The topological polar surface area (TPSA) is 105 Å². The number of hydrogen-bond acceptors (Lipinski definition) is 5. The molecule has 3 heterocycles. The summed E-state index contributed by atoms with van der Waals surface area (Å²) in [6.45, 7) is 4.41. The van der Waals surface area contributed by atoms with Gasteiger partial charge < -0.3 is 10.2 Å². The lowest BCUT2D eigenvalue weighted by Gasteiger charge is -2.31. The summed E-state index contributed by atoms with van der Waals surface area (Å²) in [7, 11) is -2.28. The zero-order valence-electron chi connectivity index (χ0n) is 18.7. The van der Waals surface area contributed by atoms with E-state index in [4.69, 9.17) is 0 Å². The minimum atomic E-state index is -3.84. The predicted molar refractivity (Wildman–Crippen MR) is 120 cm³/mol. The molecule has 2 aliphatic heterocycles. The molecule has 0 radical (unpaired) electrons. The highest BCUT2D eigenvalue weighted by Gasteiger charge is 2.36. The largest absolute Gasteiger partial charge is 0.359 e. The van der Waals surface area contributed by atoms with Crippen LogP contribution in [0.4, 0.5) is 5.69 Å². The van der Waals surface area contributed by atoms with Gasteiger partial charge in [-0.2, -0.15) is 9.40 Å². The number of carbonyl (C=O) groups excluding carboxylic acids is 2. The number of hydrogen-bond donors (Lipinski definition) is 1. The van der Waals surface area contributed by atoms with Gasteiger partial charge in [0.15, 0.2) is 0 Å². The van der Waals surface area contributed by atoms with Crippen LogP contribution in [0.3, 0.4) is 0 Å². The lowest BCUT2D eigenvalue weighted by atomic mass is 9.99. The fourth-order valence-electron chi connectivity index (χ4n) is 4.73. The van der Waals surface area contributed by atoms with Crippen molar-refractivity contribution >= 4 is 27.5 Å². The van der Waals surface area contributed by atoms with Gasteiger partial charge in [-0.25, -0.2) is 8.42 Å². The number of nitrogens with zero attached hydrogens (tertiary/aromatic N) is 4. The minimum absolute atomic E-state index is 0.0304. The van der Waals surface area contributed by atoms with Crippen LogP contribution >= 0.6 is 0 Å². The Morgan fingerprint density at radius 3 is 2.69 bits per heavy atom. The van der Waals surface area contributed by atoms with Crippen molar-refractivity contribution < 1.29 is 18.0 Å². The van der Waals surface area contributed by atoms with Gasteiger partial charge in [0, 0.05) is 32.4 Å². The highest BCUT2D eigenvalue weighted by Crippen LogP contribution is 2.30. The van der Waals surface area contributed by atoms with Crippen molar-refractivity contribution in [3.05, 3.63) is 41.2 Å². The molecule has 0 saturated carbocycles. The van der Waals surface area contributed by atoms with Gasteiger partial charge in [-0.05, 0) is 44.7 Å². The fourth-order valence-corrected chi connectivity index (χ4v) is 6.62. The van der Waals surface area contributed by atoms with Crippen molar-refractivity contribution in [1.29, 1.82) is 0 Å². The number of rotatable bonds is 5. The quantitative estimate of drug-likeness (QED) is 0.724. The molecule has 1 N–H and O–H groups in total. The molecular weight excluding hydrogens is 430 g/mol. The Labute approximate surface area is 188 Å². The molecule has 0 spiro atoms. The molecular formula is C22H29N5O4S. The number of aryl methyl sites for hydroxylation is 1. The van der Waals surface area contributed by atoms with Crippen LogP contribution in [0.25, 0.3) is 0 Å². The van der Waals surface area contributed by atoms with Gasteiger partial charge in [-0.15, -0.1) is 0 Å². The number of piperidine rings is 1. The molecule has 2 aromatic rings. The maximum Gasteiger partial charge on any atom is 0.248 e. The van der Waals surface area contributed by atoms with Crippen LogP contribution in [-0.2, 0) is 32.6 Å². The molecule has 2 aliphatic rings. The van der Waals surface area contributed by atoms with E-state index >= 15 is 0 Å². The summed E-state index contributed by atoms with van der Waals surface area (Å²) in [6, 6.07) is 7.81. The lowest BCUT2D eigenvalue weighted by molar-refractivity contribution is -0.125. The van der Waals surface area contributed by atoms with E-state index in [0.29, 0.717) is 37.3 Å². The molecule has 10 heteroatoms. The first kappa shape index (κ1) is 22.5. The second-order valence-corrected chi connectivity index (χ2v) is 10.3. The zero-order valence-corrected chi connectivity index (χ0v) is 19.5. The third kappa shape index (κ3) is 3.93. The first-order chi connectivity index (χ1) is 15.2. The average molecular weight is 460 g/mol. The number of benzene rings is 1. The highest BCUT2D eigenvalue weighted by molar-refractivity contribution is 7.89. The first-order valence-electron chi connectivity index (χ1n) is 10.9. The van der Waals surface area contributed by atoms with Gasteiger partial charge in [-0.3, -0.25) is 14.3 Å². The van der Waals surface area contributed by atoms with Crippen LogP contribution in [0.1, 0.15) is 29.8 Å². The third-order valence-corrected chi connectivity index (χ3v) is 8.51. The van der Waals surface area contributed by atoms with E-state index in [0.717, 1.165) is 17.7 Å². The summed E-state index contributed by atoms with van der Waals surface area (Å²) < 4.78 is 29.7. The molecule has 1 unspecified atom stereocenters. The molecule has 0 aliphatic carbocycles. The number of aromatic nitrogens is 2. The van der Waals surface area contributed by atoms with Crippen molar-refractivity contribution in [2.75, 3.05) is 31.6 Å². The number of nitrogens with one attached hydrogen (secondary N) is 1. The highest BCUT2D eigenvalue weighted by atomic mass is 32.2. The Kier molecular flexibility index (Phi) is 6.09. The molecule has 4 rings (SSSR count). The first-order valence-corrected chi connectivity index (χ1v) is 12.3. The number of sulfonamides is 1. The van der Waals surface area contributed by atoms with E-state index in [1.807, 2.05) is 24.3 Å². The summed E-state index contributed by atoms with van der Waals surface area (Å²) in [4.78, 5) is 26.9. The number of anilines is 1. The van der Waals surface area contributed by atoms with E-state index < -0.39 is 10.0 Å². The van der Waals surface area contributed by atoms with E-state index in [1.54, 1.807) is 25.8 Å². The van der Waals surface area contributed by atoms with Crippen molar-refractivity contribution in [2.45, 2.75) is 44.6 Å². The average Bonchev–Trinajstić information content (AvgIpc) is 3.34. The second-order valence-electron chi connectivity index (χ2n) is 8.40. The Morgan fingerprint density at radius 1 is 1.19 bits per heavy atom. The Balaban J connectivity index is 1.56. The Morgan fingerprint density at radius 2 is 1.94 bits per heavy atom. The van der Waals surface area contributed by atoms with Crippen LogP contribution in [0.15, 0.2) is 29.2 Å². The Bertz CT molecular complexity index is 1160. The van der Waals surface area contributed by atoms with Crippen molar-refractivity contribution in [2.24, 2.45) is 5.92 Å². The van der Waals surface area contributed by atoms with E-state index in [-0.39, 0.29) is 35.7 Å². The summed E-state index contributed by atoms with van der Waals surface area (Å²) in [5.41, 5.74) is 2.83. The molecule has 1 aromatic carbocycles. The van der Waals surface area contributed by atoms with E-state index in [1.165, 1.54) is 8.99 Å². The van der Waals surface area contributed by atoms with Crippen molar-refractivity contribution in [3.8, 4) is 0 Å². The summed E-state index contributed by atoms with van der Waals surface area (Å²) >= 11 is 0. The molecule has 0 bridgehead atoms. The number of para-hydroxylation sites is 1. The SMILES string of the molecule is CNC(=O)C1CCCN(S(=O)(=O)c2c(C)nn(CC(=O)N3CCc4ccccc43)c2C)C1. The second kappa shape index (κ2) is 8.67. The summed E-state index contributed by atoms with van der Waals surface area (Å²) in [5.74, 6) is -0.635. The van der Waals surface area contributed by atoms with Gasteiger partial charge in [-0.1, -0.05) is 18.2 Å². The maximum absolute atomic E-state index is 13.4. The number of fused-ring (bicyclic) bond motifs is 1. The van der Waals surface area contributed by atoms with Gasteiger partial charge in [0.1, 0.15) is 11.4 Å². The molecule has 1 atom stereocenters. The van der Waals surface area contributed by atoms with Crippen molar-refractivity contribution in [1.82, 2.24) is 19.4 Å². The molecule has 1 aromatic heterocycles. The summed E-state index contributed by atoms with van der Waals surface area (Å²) in [6.07, 6.45) is 2.09. The van der Waals surface area contributed by atoms with Crippen LogP contribution in [0.2, 0.25) is 0 Å². The monoisotopic (exact) mass is 459 g/mol. The van der Waals surface area contributed by atoms with Crippen molar-refractivity contribution in [3.63, 3.8) is 0 Å². The standard InChI is InChI=1S/C22H29N5O4S/c1-15-21(32(30,31)25-11-6-8-18(13-25)22(29)23-3)16(2)27(24-15)14-20(28)26-12-10-17-7-4-5-9-19(17)26/h4-5,7,9,18H,6,8,10-14H2,1-3H3,(H,23,29). The molecule has 9 nitrogen and oxygen atoms in total. The van der Waals surface area contributed by atoms with Crippen LogP contribution < -0.4 is 10.2 Å². The van der Waals surface area contributed by atoms with Crippen LogP contribution in [0, 0.1) is 19.8 Å². The van der Waals surface area contributed by atoms with Gasteiger partial charge in [0.05, 0.1) is 17.3 Å². The predicted octanol–water partition coefficient (Wildman–Crippen LogP) is 1.24. The minimum Gasteiger partial charge on any atom is -0.359 e.